The van der Waals surface area contributed by atoms with Gasteiger partial charge >= 0.3 is 5.97 Å². The first-order valence-electron chi connectivity index (χ1n) is 11.7. The second-order valence-corrected chi connectivity index (χ2v) is 13.2. The Morgan fingerprint density at radius 1 is 1.36 bits per heavy atom. The molecule has 13 heteroatoms. The lowest BCUT2D eigenvalue weighted by Gasteiger charge is -2.46. The van der Waals surface area contributed by atoms with Crippen LogP contribution in [0.2, 0.25) is 0 Å². The number of rotatable bonds is 10. The zero-order chi connectivity index (χ0) is 26.4. The molecule has 2 fully saturated rings. The number of carbonyl (C=O) groups is 2. The number of aliphatic hydroxyl groups excluding tert-OH is 1. The van der Waals surface area contributed by atoms with Crippen molar-refractivity contribution >= 4 is 45.6 Å². The first-order chi connectivity index (χ1) is 16.9. The number of thioether (sulfide) groups is 2. The lowest BCUT2D eigenvalue weighted by Crippen LogP contribution is -2.63. The number of carbonyl (C=O) groups excluding carboxylic acids is 1. The summed E-state index contributed by atoms with van der Waals surface area (Å²) in [4.78, 5) is 30.1. The van der Waals surface area contributed by atoms with E-state index in [9.17, 15) is 28.2 Å². The van der Waals surface area contributed by atoms with Crippen molar-refractivity contribution in [2.75, 3.05) is 19.3 Å². The van der Waals surface area contributed by atoms with Crippen molar-refractivity contribution in [3.8, 4) is 0 Å². The van der Waals surface area contributed by atoms with E-state index in [1.807, 2.05) is 31.4 Å². The summed E-state index contributed by atoms with van der Waals surface area (Å²) < 4.78 is 25.5. The molecule has 0 spiro atoms. The number of nitrogens with one attached hydrogen (secondary N) is 1. The summed E-state index contributed by atoms with van der Waals surface area (Å²) in [5.74, 6) is -2.33. The third-order valence-corrected chi connectivity index (χ3v) is 9.92. The van der Waals surface area contributed by atoms with E-state index in [1.54, 1.807) is 18.7 Å². The van der Waals surface area contributed by atoms with Gasteiger partial charge in [-0.25, -0.2) is 14.7 Å². The molecule has 1 amide bonds. The van der Waals surface area contributed by atoms with Crippen LogP contribution >= 0.6 is 23.5 Å². The summed E-state index contributed by atoms with van der Waals surface area (Å²) in [6.07, 6.45) is 1.78. The molecular formula is C23H32N4O6S3. The molecule has 0 aromatic heterocycles. The van der Waals surface area contributed by atoms with Crippen LogP contribution in [0.1, 0.15) is 25.8 Å². The van der Waals surface area contributed by atoms with Crippen LogP contribution < -0.4 is 9.86 Å². The van der Waals surface area contributed by atoms with E-state index < -0.39 is 28.2 Å². The van der Waals surface area contributed by atoms with Crippen molar-refractivity contribution in [1.29, 1.82) is 0 Å². The van der Waals surface area contributed by atoms with Crippen molar-refractivity contribution in [2.24, 2.45) is 17.0 Å². The maximum absolute atomic E-state index is 12.6. The Morgan fingerprint density at radius 2 is 2.08 bits per heavy atom. The van der Waals surface area contributed by atoms with Gasteiger partial charge in [0.2, 0.25) is 5.91 Å². The minimum atomic E-state index is -3.86. The predicted molar refractivity (Wildman–Crippen MR) is 139 cm³/mol. The summed E-state index contributed by atoms with van der Waals surface area (Å²) in [6.45, 7) is 4.84. The molecule has 0 radical (unpaired) electrons. The van der Waals surface area contributed by atoms with Gasteiger partial charge in [-0.1, -0.05) is 19.1 Å². The molecule has 2 saturated heterocycles. The third-order valence-electron chi connectivity index (χ3n) is 7.13. The Balaban J connectivity index is 1.55. The second kappa shape index (κ2) is 10.6. The first kappa shape index (κ1) is 27.4. The minimum absolute atomic E-state index is 0.00438. The molecule has 3 heterocycles. The number of nitrogens with two attached hydrogens (primary N) is 1. The topological polar surface area (TPSA) is 153 Å². The highest BCUT2D eigenvalue weighted by Crippen LogP contribution is 2.52. The number of β-lactam (4-membered cyclic amide) rings is 1. The molecule has 0 bridgehead atoms. The highest BCUT2D eigenvalue weighted by atomic mass is 32.2. The molecule has 0 unspecified atom stereocenters. The molecule has 36 heavy (non-hydrogen) atoms. The Bertz CT molecular complexity index is 1170. The van der Waals surface area contributed by atoms with E-state index in [0.29, 0.717) is 24.4 Å². The molecule has 10 nitrogen and oxygen atoms in total. The Morgan fingerprint density at radius 3 is 2.69 bits per heavy atom. The van der Waals surface area contributed by atoms with Crippen molar-refractivity contribution in [3.05, 3.63) is 40.4 Å². The van der Waals surface area contributed by atoms with Crippen LogP contribution in [0, 0.1) is 11.8 Å². The zero-order valence-electron chi connectivity index (χ0n) is 20.3. The maximum Gasteiger partial charge on any atom is 0.353 e. The van der Waals surface area contributed by atoms with Gasteiger partial charge in [0.1, 0.15) is 5.70 Å². The smallest absolute Gasteiger partial charge is 0.353 e. The molecule has 4 rings (SSSR count). The van der Waals surface area contributed by atoms with Crippen molar-refractivity contribution < 1.29 is 28.2 Å². The van der Waals surface area contributed by atoms with Gasteiger partial charge in [-0.3, -0.25) is 9.69 Å². The molecule has 6 atom stereocenters. The van der Waals surface area contributed by atoms with Crippen molar-refractivity contribution in [2.45, 2.75) is 55.1 Å². The number of likely N-dealkylation sites (tertiary alicyclic amines) is 1. The summed E-state index contributed by atoms with van der Waals surface area (Å²) in [5.41, 5.74) is 1.10. The Labute approximate surface area is 219 Å². The SMILES string of the molecule is CSc1cccc(CN2C[C@@H](SC3=C(C(=O)O)N4C(=O)[C@H]([C@@H](C)O)[C@H]4[C@H]3C)C[C@H]2CNS(N)(=O)=O)c1. The van der Waals surface area contributed by atoms with Gasteiger partial charge in [0.25, 0.3) is 10.2 Å². The Hall–Kier alpha value is -1.61. The van der Waals surface area contributed by atoms with Gasteiger partial charge in [0.05, 0.1) is 18.1 Å². The van der Waals surface area contributed by atoms with Crippen LogP contribution in [-0.4, -0.2) is 83.1 Å². The fraction of sp³-hybridized carbons (Fsp3) is 0.565. The molecule has 5 N–H and O–H groups in total. The summed E-state index contributed by atoms with van der Waals surface area (Å²) in [5, 5.41) is 25.2. The number of fused-ring (bicyclic) bond motifs is 1. The van der Waals surface area contributed by atoms with Crippen molar-refractivity contribution in [3.63, 3.8) is 0 Å². The van der Waals surface area contributed by atoms with Crippen LogP contribution in [-0.2, 0) is 26.3 Å². The average molecular weight is 557 g/mol. The number of carboxylic acid groups (broad SMARTS) is 1. The normalized spacial score (nSPS) is 29.4. The highest BCUT2D eigenvalue weighted by molar-refractivity contribution is 8.03. The van der Waals surface area contributed by atoms with Gasteiger partial charge < -0.3 is 15.1 Å². The standard InChI is InChI=1S/C23H32N4O6S3/c1-12-19-18(13(2)28)22(29)27(19)20(23(30)31)21(12)35-17-8-15(9-25-36(24,32)33)26(11-17)10-14-5-4-6-16(7-14)34-3/h4-7,12-13,15,17-19,25,28H,8-11H2,1-3H3,(H,30,31)(H2,24,32,33)/t12-,13-,15+,17+,18-,19-/m1/s1. The van der Waals surface area contributed by atoms with E-state index in [2.05, 4.69) is 15.7 Å². The molecular weight excluding hydrogens is 524 g/mol. The molecule has 1 aromatic carbocycles. The first-order valence-corrected chi connectivity index (χ1v) is 15.4. The molecule has 3 aliphatic heterocycles. The van der Waals surface area contributed by atoms with E-state index in [-0.39, 0.29) is 41.4 Å². The quantitative estimate of drug-likeness (QED) is 0.244. The summed E-state index contributed by atoms with van der Waals surface area (Å²) >= 11 is 3.10. The lowest BCUT2D eigenvalue weighted by molar-refractivity contribution is -0.163. The fourth-order valence-corrected chi connectivity index (χ4v) is 8.01. The number of aliphatic hydroxyl groups is 1. The third kappa shape index (κ3) is 5.47. The number of amides is 1. The monoisotopic (exact) mass is 556 g/mol. The van der Waals surface area contributed by atoms with Gasteiger partial charge in [0.15, 0.2) is 0 Å². The molecule has 0 saturated carbocycles. The van der Waals surface area contributed by atoms with Gasteiger partial charge in [0, 0.05) is 46.6 Å². The molecule has 198 valence electrons. The second-order valence-electron chi connectivity index (χ2n) is 9.58. The van der Waals surface area contributed by atoms with Crippen LogP contribution in [0.5, 0.6) is 0 Å². The van der Waals surface area contributed by atoms with Crippen LogP contribution in [0.3, 0.4) is 0 Å². The number of benzene rings is 1. The largest absolute Gasteiger partial charge is 0.477 e. The van der Waals surface area contributed by atoms with E-state index in [4.69, 9.17) is 5.14 Å². The van der Waals surface area contributed by atoms with Gasteiger partial charge in [-0.15, -0.1) is 23.5 Å². The lowest BCUT2D eigenvalue weighted by atomic mass is 9.79. The molecule has 3 aliphatic rings. The predicted octanol–water partition coefficient (Wildman–Crippen LogP) is 1.03. The van der Waals surface area contributed by atoms with E-state index in [0.717, 1.165) is 10.5 Å². The minimum Gasteiger partial charge on any atom is -0.477 e. The van der Waals surface area contributed by atoms with Crippen molar-refractivity contribution in [1.82, 2.24) is 14.5 Å². The highest BCUT2D eigenvalue weighted by Gasteiger charge is 2.60. The zero-order valence-corrected chi connectivity index (χ0v) is 22.8. The molecule has 0 aliphatic carbocycles. The number of aliphatic carboxylic acids is 1. The molecule has 1 aromatic rings. The summed E-state index contributed by atoms with van der Waals surface area (Å²) in [7, 11) is -3.86. The summed E-state index contributed by atoms with van der Waals surface area (Å²) in [6, 6.07) is 7.66. The van der Waals surface area contributed by atoms with E-state index in [1.165, 1.54) is 16.7 Å². The number of nitrogens with zero attached hydrogens (tertiary/aromatic N) is 2. The Kier molecular flexibility index (Phi) is 8.10. The number of hydrogen-bond acceptors (Lipinski definition) is 8. The van der Waals surface area contributed by atoms with E-state index >= 15 is 0 Å². The number of carboxylic acids is 1. The average Bonchev–Trinajstić information content (AvgIpc) is 3.28. The maximum atomic E-state index is 12.6. The van der Waals surface area contributed by atoms with Crippen LogP contribution in [0.15, 0.2) is 39.8 Å². The van der Waals surface area contributed by atoms with Crippen LogP contribution in [0.4, 0.5) is 0 Å². The fourth-order valence-electron chi connectivity index (χ4n) is 5.51. The van der Waals surface area contributed by atoms with Gasteiger partial charge in [-0.2, -0.15) is 8.42 Å². The van der Waals surface area contributed by atoms with Crippen LogP contribution in [0.25, 0.3) is 0 Å². The number of hydrogen-bond donors (Lipinski definition) is 4. The van der Waals surface area contributed by atoms with Gasteiger partial charge in [-0.05, 0) is 37.3 Å².